The molecule has 1 aliphatic heterocycles. The molecule has 5 nitrogen and oxygen atoms in total. The topological polar surface area (TPSA) is 54.3 Å². The number of aryl methyl sites for hydroxylation is 1. The molecule has 0 radical (unpaired) electrons. The minimum atomic E-state index is -0.542. The molecule has 1 aliphatic rings. The molecular formula is C24H32N2O3. The van der Waals surface area contributed by atoms with Gasteiger partial charge in [-0.2, -0.15) is 0 Å². The third-order valence-corrected chi connectivity index (χ3v) is 4.99. The Balaban J connectivity index is 1.61. The summed E-state index contributed by atoms with van der Waals surface area (Å²) >= 11 is 0. The van der Waals surface area contributed by atoms with Crippen molar-refractivity contribution in [3.8, 4) is 0 Å². The van der Waals surface area contributed by atoms with Crippen LogP contribution in [-0.2, 0) is 16.1 Å². The highest BCUT2D eigenvalue weighted by atomic mass is 16.6. The molecule has 2 aromatic carbocycles. The van der Waals surface area contributed by atoms with Crippen LogP contribution in [0.2, 0.25) is 0 Å². The maximum atomic E-state index is 10.5. The first kappa shape index (κ1) is 21.5. The van der Waals surface area contributed by atoms with Crippen molar-refractivity contribution in [2.45, 2.75) is 52.0 Å². The first-order chi connectivity index (χ1) is 14.0. The van der Waals surface area contributed by atoms with Gasteiger partial charge in [-0.05, 0) is 31.9 Å². The number of benzene rings is 2. The molecule has 3 rings (SSSR count). The van der Waals surface area contributed by atoms with E-state index in [9.17, 15) is 5.11 Å². The molecule has 0 unspecified atom stereocenters. The molecular weight excluding hydrogens is 364 g/mol. The van der Waals surface area contributed by atoms with E-state index in [0.29, 0.717) is 19.7 Å². The van der Waals surface area contributed by atoms with Crippen molar-refractivity contribution < 1.29 is 14.7 Å². The average Bonchev–Trinajstić information content (AvgIpc) is 3.15. The minimum Gasteiger partial charge on any atom is -0.390 e. The lowest BCUT2D eigenvalue weighted by atomic mass is 10.00. The van der Waals surface area contributed by atoms with Crippen LogP contribution in [0.4, 0.5) is 0 Å². The number of ether oxygens (including phenoxy) is 1. The number of hydrogen-bond acceptors (Lipinski definition) is 5. The van der Waals surface area contributed by atoms with Crippen LogP contribution in [0.3, 0.4) is 0 Å². The van der Waals surface area contributed by atoms with Gasteiger partial charge in [0, 0.05) is 31.6 Å². The number of nitrogens with zero attached hydrogens (tertiary/aromatic N) is 2. The molecule has 0 spiro atoms. The normalized spacial score (nSPS) is 17.4. The van der Waals surface area contributed by atoms with Crippen LogP contribution in [0.15, 0.2) is 59.8 Å². The maximum absolute atomic E-state index is 10.5. The SMILES string of the molecule is Cc1ccccc1C1=NO[C@@H](CN(Cc2ccccc2)C[C@H](O)COC(C)C)C1. The number of rotatable bonds is 10. The third kappa shape index (κ3) is 6.67. The molecule has 0 bridgehead atoms. The molecule has 5 heteroatoms. The van der Waals surface area contributed by atoms with Crippen LogP contribution in [0, 0.1) is 6.92 Å². The van der Waals surface area contributed by atoms with Gasteiger partial charge < -0.3 is 14.7 Å². The second kappa shape index (κ2) is 10.5. The van der Waals surface area contributed by atoms with E-state index in [-0.39, 0.29) is 12.2 Å². The van der Waals surface area contributed by atoms with Gasteiger partial charge in [0.05, 0.1) is 24.5 Å². The van der Waals surface area contributed by atoms with Crippen LogP contribution < -0.4 is 0 Å². The molecule has 29 heavy (non-hydrogen) atoms. The summed E-state index contributed by atoms with van der Waals surface area (Å²) in [4.78, 5) is 7.98. The summed E-state index contributed by atoms with van der Waals surface area (Å²) in [6, 6.07) is 18.6. The van der Waals surface area contributed by atoms with Gasteiger partial charge in [0.2, 0.25) is 0 Å². The summed E-state index contributed by atoms with van der Waals surface area (Å²) in [7, 11) is 0. The molecule has 0 amide bonds. The zero-order valence-corrected chi connectivity index (χ0v) is 17.6. The van der Waals surface area contributed by atoms with Gasteiger partial charge in [0.15, 0.2) is 0 Å². The van der Waals surface area contributed by atoms with Crippen LogP contribution in [-0.4, -0.2) is 53.7 Å². The highest BCUT2D eigenvalue weighted by molar-refractivity contribution is 6.02. The van der Waals surface area contributed by atoms with Crippen molar-refractivity contribution in [1.29, 1.82) is 0 Å². The molecule has 0 fully saturated rings. The fourth-order valence-electron chi connectivity index (χ4n) is 3.57. The number of aliphatic hydroxyl groups excluding tert-OH is 1. The van der Waals surface area contributed by atoms with E-state index in [2.05, 4.69) is 41.2 Å². The maximum Gasteiger partial charge on any atom is 0.145 e. The van der Waals surface area contributed by atoms with E-state index in [1.54, 1.807) is 0 Å². The quantitative estimate of drug-likeness (QED) is 0.664. The largest absolute Gasteiger partial charge is 0.390 e. The lowest BCUT2D eigenvalue weighted by Crippen LogP contribution is -2.39. The van der Waals surface area contributed by atoms with Crippen LogP contribution in [0.25, 0.3) is 0 Å². The van der Waals surface area contributed by atoms with Gasteiger partial charge in [-0.25, -0.2) is 0 Å². The van der Waals surface area contributed by atoms with E-state index < -0.39 is 6.10 Å². The predicted molar refractivity (Wildman–Crippen MR) is 116 cm³/mol. The molecule has 0 aliphatic carbocycles. The van der Waals surface area contributed by atoms with Gasteiger partial charge in [-0.3, -0.25) is 4.90 Å². The standard InChI is InChI=1S/C24H32N2O3/c1-18(2)28-17-21(27)15-26(14-20-10-5-4-6-11-20)16-22-13-24(25-29-22)23-12-8-7-9-19(23)3/h4-12,18,21-22,27H,13-17H2,1-3H3/t21-,22+/m0/s1. The average molecular weight is 397 g/mol. The molecule has 1 N–H and O–H groups in total. The Bertz CT molecular complexity index is 792. The Hall–Kier alpha value is -2.21. The summed E-state index contributed by atoms with van der Waals surface area (Å²) in [5, 5.41) is 14.8. The molecule has 156 valence electrons. The molecule has 1 heterocycles. The first-order valence-electron chi connectivity index (χ1n) is 10.4. The van der Waals surface area contributed by atoms with Crippen molar-refractivity contribution in [3.63, 3.8) is 0 Å². The first-order valence-corrected chi connectivity index (χ1v) is 10.4. The summed E-state index contributed by atoms with van der Waals surface area (Å²) in [5.41, 5.74) is 4.56. The van der Waals surface area contributed by atoms with E-state index in [0.717, 1.165) is 24.2 Å². The number of aliphatic hydroxyl groups is 1. The van der Waals surface area contributed by atoms with Crippen molar-refractivity contribution >= 4 is 5.71 Å². The van der Waals surface area contributed by atoms with Gasteiger partial charge in [-0.1, -0.05) is 59.8 Å². The highest BCUT2D eigenvalue weighted by Gasteiger charge is 2.26. The summed E-state index contributed by atoms with van der Waals surface area (Å²) in [6.45, 7) is 8.36. The zero-order chi connectivity index (χ0) is 20.6. The molecule has 0 saturated carbocycles. The Labute approximate surface area is 173 Å². The fourth-order valence-corrected chi connectivity index (χ4v) is 3.57. The van der Waals surface area contributed by atoms with Gasteiger partial charge >= 0.3 is 0 Å². The molecule has 2 aromatic rings. The van der Waals surface area contributed by atoms with E-state index in [1.807, 2.05) is 44.2 Å². The summed E-state index contributed by atoms with van der Waals surface area (Å²) in [5.74, 6) is 0. The number of oxime groups is 1. The Morgan fingerprint density at radius 2 is 1.86 bits per heavy atom. The predicted octanol–water partition coefficient (Wildman–Crippen LogP) is 3.78. The summed E-state index contributed by atoms with van der Waals surface area (Å²) < 4.78 is 5.58. The second-order valence-corrected chi connectivity index (χ2v) is 8.00. The molecule has 0 aromatic heterocycles. The number of hydrogen-bond donors (Lipinski definition) is 1. The highest BCUT2D eigenvalue weighted by Crippen LogP contribution is 2.21. The van der Waals surface area contributed by atoms with E-state index in [1.165, 1.54) is 11.1 Å². The van der Waals surface area contributed by atoms with Crippen LogP contribution in [0.1, 0.15) is 37.0 Å². The Morgan fingerprint density at radius 3 is 2.59 bits per heavy atom. The van der Waals surface area contributed by atoms with Gasteiger partial charge in [0.25, 0.3) is 0 Å². The summed E-state index contributed by atoms with van der Waals surface area (Å²) in [6.07, 6.45) is 0.315. The van der Waals surface area contributed by atoms with E-state index >= 15 is 0 Å². The van der Waals surface area contributed by atoms with Crippen molar-refractivity contribution in [3.05, 3.63) is 71.3 Å². The van der Waals surface area contributed by atoms with Crippen molar-refractivity contribution in [2.75, 3.05) is 19.7 Å². The smallest absolute Gasteiger partial charge is 0.145 e. The van der Waals surface area contributed by atoms with Crippen LogP contribution in [0.5, 0.6) is 0 Å². The monoisotopic (exact) mass is 396 g/mol. The van der Waals surface area contributed by atoms with E-state index in [4.69, 9.17) is 9.57 Å². The van der Waals surface area contributed by atoms with Gasteiger partial charge in [0.1, 0.15) is 6.10 Å². The lowest BCUT2D eigenvalue weighted by Gasteiger charge is -2.27. The van der Waals surface area contributed by atoms with Crippen molar-refractivity contribution in [2.24, 2.45) is 5.16 Å². The minimum absolute atomic E-state index is 0.0217. The Morgan fingerprint density at radius 1 is 1.14 bits per heavy atom. The van der Waals surface area contributed by atoms with Crippen molar-refractivity contribution in [1.82, 2.24) is 4.90 Å². The fraction of sp³-hybridized carbons (Fsp3) is 0.458. The third-order valence-electron chi connectivity index (χ3n) is 4.99. The Kier molecular flexibility index (Phi) is 7.81. The second-order valence-electron chi connectivity index (χ2n) is 8.00. The van der Waals surface area contributed by atoms with Crippen LogP contribution >= 0.6 is 0 Å². The van der Waals surface area contributed by atoms with Gasteiger partial charge in [-0.15, -0.1) is 0 Å². The lowest BCUT2D eigenvalue weighted by molar-refractivity contribution is -0.0194. The molecule has 2 atom stereocenters. The zero-order valence-electron chi connectivity index (χ0n) is 17.6. The molecule has 0 saturated heterocycles.